The Bertz CT molecular complexity index is 792. The number of carbonyl (C=O) groups excluding carboxylic acids is 1. The lowest BCUT2D eigenvalue weighted by atomic mass is 9.97. The maximum Gasteiger partial charge on any atom is 0.409 e. The number of hydrogen-bond donors (Lipinski definition) is 1. The first kappa shape index (κ1) is 18.5. The Morgan fingerprint density at radius 3 is 2.73 bits per heavy atom. The molecule has 1 atom stereocenters. The molecule has 1 unspecified atom stereocenters. The van der Waals surface area contributed by atoms with E-state index in [9.17, 15) is 18.0 Å². The van der Waals surface area contributed by atoms with Crippen molar-refractivity contribution in [1.82, 2.24) is 10.4 Å². The largest absolute Gasteiger partial charge is 0.494 e. The van der Waals surface area contributed by atoms with E-state index in [0.29, 0.717) is 23.1 Å². The number of unbranched alkanes of at least 4 members (excludes halogenated alkanes) is 1. The SMILES string of the molecule is CCCCOc1ccc2c(C(N3CCC(=O)N3)C(F)(F)F)cccc2c1. The van der Waals surface area contributed by atoms with Gasteiger partial charge in [-0.2, -0.15) is 13.2 Å². The van der Waals surface area contributed by atoms with Crippen molar-refractivity contribution in [3.63, 3.8) is 0 Å². The summed E-state index contributed by atoms with van der Waals surface area (Å²) in [6.07, 6.45) is -2.52. The molecule has 3 rings (SSSR count). The third-order valence-corrected chi connectivity index (χ3v) is 4.42. The van der Waals surface area contributed by atoms with Crippen LogP contribution in [0.4, 0.5) is 13.2 Å². The van der Waals surface area contributed by atoms with E-state index in [-0.39, 0.29) is 18.5 Å². The fourth-order valence-corrected chi connectivity index (χ4v) is 3.16. The zero-order valence-corrected chi connectivity index (χ0v) is 14.5. The Labute approximate surface area is 149 Å². The summed E-state index contributed by atoms with van der Waals surface area (Å²) < 4.78 is 47.0. The number of amides is 1. The lowest BCUT2D eigenvalue weighted by molar-refractivity contribution is -0.190. The monoisotopic (exact) mass is 366 g/mol. The van der Waals surface area contributed by atoms with Crippen LogP contribution in [-0.2, 0) is 4.79 Å². The molecule has 26 heavy (non-hydrogen) atoms. The van der Waals surface area contributed by atoms with Gasteiger partial charge in [-0.3, -0.25) is 10.2 Å². The van der Waals surface area contributed by atoms with E-state index < -0.39 is 18.1 Å². The molecular formula is C19H21F3N2O2. The van der Waals surface area contributed by atoms with Gasteiger partial charge in [-0.15, -0.1) is 0 Å². The van der Waals surface area contributed by atoms with Crippen LogP contribution in [0.15, 0.2) is 36.4 Å². The summed E-state index contributed by atoms with van der Waals surface area (Å²) in [6, 6.07) is 8.04. The number of ether oxygens (including phenoxy) is 1. The normalized spacial score (nSPS) is 16.7. The van der Waals surface area contributed by atoms with Crippen molar-refractivity contribution in [2.24, 2.45) is 0 Å². The molecule has 2 aromatic carbocycles. The van der Waals surface area contributed by atoms with E-state index in [1.165, 1.54) is 6.07 Å². The molecule has 1 amide bonds. The standard InChI is InChI=1S/C19H21F3N2O2/c1-2-3-11-26-14-7-8-15-13(12-14)5-4-6-16(15)18(19(20,21)22)24-10-9-17(25)23-24/h4-8,12,18H,2-3,9-11H2,1H3,(H,23,25). The van der Waals surface area contributed by atoms with Gasteiger partial charge < -0.3 is 4.74 Å². The average Bonchev–Trinajstić information content (AvgIpc) is 3.00. The number of fused-ring (bicyclic) bond motifs is 1. The third-order valence-electron chi connectivity index (χ3n) is 4.42. The molecule has 4 nitrogen and oxygen atoms in total. The topological polar surface area (TPSA) is 41.6 Å². The van der Waals surface area contributed by atoms with Crippen LogP contribution in [0.2, 0.25) is 0 Å². The predicted molar refractivity (Wildman–Crippen MR) is 92.6 cm³/mol. The summed E-state index contributed by atoms with van der Waals surface area (Å²) in [7, 11) is 0. The Balaban J connectivity index is 1.98. The van der Waals surface area contributed by atoms with Gasteiger partial charge >= 0.3 is 6.18 Å². The fraction of sp³-hybridized carbons (Fsp3) is 0.421. The van der Waals surface area contributed by atoms with Crippen molar-refractivity contribution >= 4 is 16.7 Å². The van der Waals surface area contributed by atoms with Crippen molar-refractivity contribution in [3.05, 3.63) is 42.0 Å². The van der Waals surface area contributed by atoms with Gasteiger partial charge in [-0.25, -0.2) is 5.01 Å². The first-order chi connectivity index (χ1) is 12.4. The summed E-state index contributed by atoms with van der Waals surface area (Å²) in [5, 5.41) is 2.15. The zero-order valence-electron chi connectivity index (χ0n) is 14.5. The highest BCUT2D eigenvalue weighted by Crippen LogP contribution is 2.41. The lowest BCUT2D eigenvalue weighted by Gasteiger charge is -2.30. The van der Waals surface area contributed by atoms with Crippen LogP contribution in [0, 0.1) is 0 Å². The molecule has 1 N–H and O–H groups in total. The number of hydrogen-bond acceptors (Lipinski definition) is 3. The molecule has 0 aromatic heterocycles. The number of benzene rings is 2. The summed E-state index contributed by atoms with van der Waals surface area (Å²) in [5.74, 6) is 0.243. The minimum atomic E-state index is -4.51. The van der Waals surface area contributed by atoms with Crippen LogP contribution < -0.4 is 10.2 Å². The number of carbonyl (C=O) groups is 1. The molecule has 140 valence electrons. The maximum atomic E-state index is 13.8. The summed E-state index contributed by atoms with van der Waals surface area (Å²) in [6.45, 7) is 2.66. The van der Waals surface area contributed by atoms with Crippen molar-refractivity contribution in [2.75, 3.05) is 13.2 Å². The molecule has 1 aliphatic rings. The smallest absolute Gasteiger partial charge is 0.409 e. The van der Waals surface area contributed by atoms with Crippen molar-refractivity contribution < 1.29 is 22.7 Å². The van der Waals surface area contributed by atoms with E-state index in [1.807, 2.05) is 0 Å². The maximum absolute atomic E-state index is 13.8. The Morgan fingerprint density at radius 2 is 2.08 bits per heavy atom. The van der Waals surface area contributed by atoms with Gasteiger partial charge in [0.25, 0.3) is 0 Å². The molecule has 1 saturated heterocycles. The highest BCUT2D eigenvalue weighted by atomic mass is 19.4. The van der Waals surface area contributed by atoms with Gasteiger partial charge in [0.2, 0.25) is 5.91 Å². The van der Waals surface area contributed by atoms with Gasteiger partial charge in [0.05, 0.1) is 6.61 Å². The van der Waals surface area contributed by atoms with Gasteiger partial charge in [-0.05, 0) is 34.9 Å². The highest BCUT2D eigenvalue weighted by Gasteiger charge is 2.47. The number of alkyl halides is 3. The van der Waals surface area contributed by atoms with Crippen molar-refractivity contribution in [2.45, 2.75) is 38.4 Å². The molecule has 0 saturated carbocycles. The summed E-state index contributed by atoms with van der Waals surface area (Å²) in [5.41, 5.74) is 2.44. The fourth-order valence-electron chi connectivity index (χ4n) is 3.16. The van der Waals surface area contributed by atoms with E-state index in [0.717, 1.165) is 17.9 Å². The van der Waals surface area contributed by atoms with E-state index in [4.69, 9.17) is 4.74 Å². The van der Waals surface area contributed by atoms with Crippen LogP contribution >= 0.6 is 0 Å². The van der Waals surface area contributed by atoms with Gasteiger partial charge in [0.15, 0.2) is 6.04 Å². The van der Waals surface area contributed by atoms with Crippen molar-refractivity contribution in [3.8, 4) is 5.75 Å². The minimum Gasteiger partial charge on any atom is -0.494 e. The molecule has 0 bridgehead atoms. The van der Waals surface area contributed by atoms with Crippen LogP contribution in [0.3, 0.4) is 0 Å². The lowest BCUT2D eigenvalue weighted by Crippen LogP contribution is -2.43. The third kappa shape index (κ3) is 3.93. The minimum absolute atomic E-state index is 0.0254. The molecule has 2 aromatic rings. The van der Waals surface area contributed by atoms with Gasteiger partial charge in [0.1, 0.15) is 5.75 Å². The van der Waals surface area contributed by atoms with Crippen LogP contribution in [-0.4, -0.2) is 30.2 Å². The number of hydrazine groups is 1. The second-order valence-corrected chi connectivity index (χ2v) is 6.35. The summed E-state index contributed by atoms with van der Waals surface area (Å²) >= 11 is 0. The zero-order chi connectivity index (χ0) is 18.7. The second-order valence-electron chi connectivity index (χ2n) is 6.35. The number of rotatable bonds is 6. The first-order valence-electron chi connectivity index (χ1n) is 8.68. The molecule has 7 heteroatoms. The molecular weight excluding hydrogens is 345 g/mol. The highest BCUT2D eigenvalue weighted by molar-refractivity contribution is 5.87. The van der Waals surface area contributed by atoms with Crippen LogP contribution in [0.1, 0.15) is 37.8 Å². The van der Waals surface area contributed by atoms with E-state index in [1.54, 1.807) is 30.3 Å². The summed E-state index contributed by atoms with van der Waals surface area (Å²) in [4.78, 5) is 11.4. The van der Waals surface area contributed by atoms with Crippen LogP contribution in [0.5, 0.6) is 5.75 Å². The Hall–Kier alpha value is -2.28. The quantitative estimate of drug-likeness (QED) is 0.773. The van der Waals surface area contributed by atoms with Crippen LogP contribution in [0.25, 0.3) is 10.8 Å². The Kier molecular flexibility index (Phi) is 5.36. The molecule has 1 heterocycles. The van der Waals surface area contributed by atoms with Crippen molar-refractivity contribution in [1.29, 1.82) is 0 Å². The molecule has 1 fully saturated rings. The van der Waals surface area contributed by atoms with Gasteiger partial charge in [-0.1, -0.05) is 37.6 Å². The number of nitrogens with zero attached hydrogens (tertiary/aromatic N) is 1. The number of nitrogens with one attached hydrogen (secondary N) is 1. The van der Waals surface area contributed by atoms with E-state index >= 15 is 0 Å². The Morgan fingerprint density at radius 1 is 1.27 bits per heavy atom. The second kappa shape index (κ2) is 7.53. The van der Waals surface area contributed by atoms with Gasteiger partial charge in [0, 0.05) is 13.0 Å². The average molecular weight is 366 g/mol. The molecule has 0 radical (unpaired) electrons. The number of halogens is 3. The molecule has 0 aliphatic carbocycles. The predicted octanol–water partition coefficient (Wildman–Crippen LogP) is 4.36. The van der Waals surface area contributed by atoms with E-state index in [2.05, 4.69) is 12.3 Å². The molecule has 1 aliphatic heterocycles. The molecule has 0 spiro atoms. The first-order valence-corrected chi connectivity index (χ1v) is 8.68.